The molecule has 0 aromatic heterocycles. The zero-order valence-corrected chi connectivity index (χ0v) is 14.5. The Labute approximate surface area is 134 Å². The number of benzene rings is 1. The summed E-state index contributed by atoms with van der Waals surface area (Å²) in [7, 11) is 1.69. The van der Waals surface area contributed by atoms with Gasteiger partial charge in [-0.05, 0) is 49.1 Å². The van der Waals surface area contributed by atoms with Crippen molar-refractivity contribution < 1.29 is 4.74 Å². The molecule has 1 aromatic carbocycles. The summed E-state index contributed by atoms with van der Waals surface area (Å²) in [5.41, 5.74) is 1.41. The highest BCUT2D eigenvalue weighted by Gasteiger charge is 2.27. The van der Waals surface area contributed by atoms with Crippen LogP contribution in [0.1, 0.15) is 52.9 Å². The first-order chi connectivity index (χ1) is 9.90. The van der Waals surface area contributed by atoms with Crippen molar-refractivity contribution in [1.82, 2.24) is 0 Å². The van der Waals surface area contributed by atoms with Crippen molar-refractivity contribution in [2.45, 2.75) is 58.9 Å². The number of methoxy groups -OCH3 is 1. The van der Waals surface area contributed by atoms with E-state index in [0.29, 0.717) is 11.5 Å². The second kappa shape index (κ2) is 6.91. The molecule has 2 atom stereocenters. The average molecular weight is 310 g/mol. The van der Waals surface area contributed by atoms with Gasteiger partial charge in [0.05, 0.1) is 17.8 Å². The van der Waals surface area contributed by atoms with Gasteiger partial charge < -0.3 is 10.1 Å². The van der Waals surface area contributed by atoms with E-state index in [2.05, 4.69) is 26.1 Å². The van der Waals surface area contributed by atoms with Gasteiger partial charge in [-0.1, -0.05) is 38.8 Å². The molecule has 1 aromatic rings. The van der Waals surface area contributed by atoms with Crippen LogP contribution < -0.4 is 10.1 Å². The lowest BCUT2D eigenvalue weighted by Gasteiger charge is -2.29. The Morgan fingerprint density at radius 3 is 2.57 bits per heavy atom. The maximum absolute atomic E-state index is 6.30. The first-order valence-electron chi connectivity index (χ1n) is 8.00. The predicted octanol–water partition coefficient (Wildman–Crippen LogP) is 5.76. The van der Waals surface area contributed by atoms with E-state index in [1.807, 2.05) is 18.2 Å². The number of hydrogen-bond donors (Lipinski definition) is 1. The van der Waals surface area contributed by atoms with Crippen molar-refractivity contribution in [3.05, 3.63) is 23.2 Å². The Morgan fingerprint density at radius 2 is 1.90 bits per heavy atom. The highest BCUT2D eigenvalue weighted by Crippen LogP contribution is 2.38. The molecule has 2 unspecified atom stereocenters. The van der Waals surface area contributed by atoms with Gasteiger partial charge in [-0.15, -0.1) is 0 Å². The van der Waals surface area contributed by atoms with Gasteiger partial charge in [0.25, 0.3) is 0 Å². The topological polar surface area (TPSA) is 21.3 Å². The Hall–Kier alpha value is -0.890. The Morgan fingerprint density at radius 1 is 1.14 bits per heavy atom. The fourth-order valence-corrected chi connectivity index (χ4v) is 3.45. The molecule has 3 heteroatoms. The third kappa shape index (κ3) is 4.54. The maximum Gasteiger partial charge on any atom is 0.121 e. The SMILES string of the molecule is COc1ccc(Cl)c(NC2CCCC(C(C)(C)C)CC2)c1. The molecular weight excluding hydrogens is 282 g/mol. The molecule has 0 heterocycles. The van der Waals surface area contributed by atoms with E-state index in [1.54, 1.807) is 7.11 Å². The molecule has 0 radical (unpaired) electrons. The summed E-state index contributed by atoms with van der Waals surface area (Å²) >= 11 is 6.30. The van der Waals surface area contributed by atoms with Crippen molar-refractivity contribution in [1.29, 1.82) is 0 Å². The van der Waals surface area contributed by atoms with E-state index in [-0.39, 0.29) is 0 Å². The first kappa shape index (κ1) is 16.5. The highest BCUT2D eigenvalue weighted by atomic mass is 35.5. The molecule has 1 aliphatic rings. The van der Waals surface area contributed by atoms with E-state index in [9.17, 15) is 0 Å². The molecule has 0 aliphatic heterocycles. The number of nitrogens with one attached hydrogen (secondary N) is 1. The van der Waals surface area contributed by atoms with E-state index in [0.717, 1.165) is 22.4 Å². The summed E-state index contributed by atoms with van der Waals surface area (Å²) in [5, 5.41) is 4.39. The lowest BCUT2D eigenvalue weighted by molar-refractivity contribution is 0.214. The third-order valence-electron chi connectivity index (χ3n) is 4.73. The molecule has 0 spiro atoms. The molecule has 118 valence electrons. The Kier molecular flexibility index (Phi) is 5.43. The van der Waals surface area contributed by atoms with Gasteiger partial charge >= 0.3 is 0 Å². The van der Waals surface area contributed by atoms with E-state index >= 15 is 0 Å². The van der Waals surface area contributed by atoms with Crippen LogP contribution in [0.25, 0.3) is 0 Å². The van der Waals surface area contributed by atoms with Crippen LogP contribution in [-0.4, -0.2) is 13.2 Å². The largest absolute Gasteiger partial charge is 0.497 e. The van der Waals surface area contributed by atoms with Crippen LogP contribution in [0.3, 0.4) is 0 Å². The second-order valence-electron chi connectivity index (χ2n) is 7.26. The summed E-state index contributed by atoms with van der Waals surface area (Å²) in [6, 6.07) is 6.31. The quantitative estimate of drug-likeness (QED) is 0.717. The van der Waals surface area contributed by atoms with Crippen LogP contribution in [0.15, 0.2) is 18.2 Å². The van der Waals surface area contributed by atoms with E-state index in [1.165, 1.54) is 32.1 Å². The minimum absolute atomic E-state index is 0.419. The summed E-state index contributed by atoms with van der Waals surface area (Å²) in [4.78, 5) is 0. The molecule has 21 heavy (non-hydrogen) atoms. The molecular formula is C18H28ClNO. The normalized spacial score (nSPS) is 23.5. The van der Waals surface area contributed by atoms with Crippen LogP contribution in [0, 0.1) is 11.3 Å². The van der Waals surface area contributed by atoms with E-state index < -0.39 is 0 Å². The van der Waals surface area contributed by atoms with Crippen molar-refractivity contribution in [2.24, 2.45) is 11.3 Å². The molecule has 1 N–H and O–H groups in total. The van der Waals surface area contributed by atoms with Crippen molar-refractivity contribution in [2.75, 3.05) is 12.4 Å². The minimum Gasteiger partial charge on any atom is -0.497 e. The molecule has 2 rings (SSSR count). The fourth-order valence-electron chi connectivity index (χ4n) is 3.27. The Balaban J connectivity index is 2.01. The van der Waals surface area contributed by atoms with Gasteiger partial charge in [-0.2, -0.15) is 0 Å². The van der Waals surface area contributed by atoms with Crippen molar-refractivity contribution >= 4 is 17.3 Å². The lowest BCUT2D eigenvalue weighted by Crippen LogP contribution is -2.21. The summed E-state index contributed by atoms with van der Waals surface area (Å²) in [6.07, 6.45) is 6.37. The van der Waals surface area contributed by atoms with Crippen molar-refractivity contribution in [3.63, 3.8) is 0 Å². The lowest BCUT2D eigenvalue weighted by atomic mass is 9.76. The molecule has 2 nitrogen and oxygen atoms in total. The molecule has 1 aliphatic carbocycles. The highest BCUT2D eigenvalue weighted by molar-refractivity contribution is 6.33. The summed E-state index contributed by atoms with van der Waals surface area (Å²) in [6.45, 7) is 7.10. The average Bonchev–Trinajstić information content (AvgIpc) is 2.66. The van der Waals surface area contributed by atoms with Crippen LogP contribution in [0.2, 0.25) is 5.02 Å². The van der Waals surface area contributed by atoms with E-state index in [4.69, 9.17) is 16.3 Å². The molecule has 0 amide bonds. The van der Waals surface area contributed by atoms with Crippen LogP contribution in [0.5, 0.6) is 5.75 Å². The number of rotatable bonds is 3. The standard InChI is InChI=1S/C18H28ClNO/c1-18(2,3)13-6-5-7-14(9-8-13)20-17-12-15(21-4)10-11-16(17)19/h10-14,20H,5-9H2,1-4H3. The van der Waals surface area contributed by atoms with Crippen LogP contribution in [0.4, 0.5) is 5.69 Å². The summed E-state index contributed by atoms with van der Waals surface area (Å²) < 4.78 is 5.29. The number of anilines is 1. The van der Waals surface area contributed by atoms with Gasteiger partial charge in [0.2, 0.25) is 0 Å². The van der Waals surface area contributed by atoms with Gasteiger partial charge in [0.1, 0.15) is 5.75 Å². The van der Waals surface area contributed by atoms with Crippen molar-refractivity contribution in [3.8, 4) is 5.75 Å². The van der Waals surface area contributed by atoms with Gasteiger partial charge in [0, 0.05) is 12.1 Å². The maximum atomic E-state index is 6.30. The number of hydrogen-bond acceptors (Lipinski definition) is 2. The monoisotopic (exact) mass is 309 g/mol. The predicted molar refractivity (Wildman–Crippen MR) is 91.4 cm³/mol. The Bertz CT molecular complexity index is 467. The number of halogens is 1. The molecule has 1 fully saturated rings. The zero-order valence-electron chi connectivity index (χ0n) is 13.7. The van der Waals surface area contributed by atoms with Gasteiger partial charge in [-0.25, -0.2) is 0 Å². The van der Waals surface area contributed by atoms with Crippen LogP contribution >= 0.6 is 11.6 Å². The third-order valence-corrected chi connectivity index (χ3v) is 5.06. The van der Waals surface area contributed by atoms with Crippen LogP contribution in [-0.2, 0) is 0 Å². The zero-order chi connectivity index (χ0) is 15.5. The number of ether oxygens (including phenoxy) is 1. The second-order valence-corrected chi connectivity index (χ2v) is 7.67. The molecule has 0 bridgehead atoms. The smallest absolute Gasteiger partial charge is 0.121 e. The summed E-state index contributed by atoms with van der Waals surface area (Å²) in [5.74, 6) is 1.67. The first-order valence-corrected chi connectivity index (χ1v) is 8.38. The minimum atomic E-state index is 0.419. The molecule has 0 saturated heterocycles. The molecule has 1 saturated carbocycles. The van der Waals surface area contributed by atoms with Gasteiger partial charge in [-0.3, -0.25) is 0 Å². The fraction of sp³-hybridized carbons (Fsp3) is 0.667. The van der Waals surface area contributed by atoms with Gasteiger partial charge in [0.15, 0.2) is 0 Å².